The first kappa shape index (κ1) is 21.9. The fourth-order valence-corrected chi connectivity index (χ4v) is 3.62. The SMILES string of the molecule is CCOc1cccc(Cc2cc(=O)c(C(=O)O)c(-c3ccc(Cl)c(Cl)c3)n2CC)n1. The Kier molecular flexibility index (Phi) is 6.80. The van der Waals surface area contributed by atoms with Gasteiger partial charge in [-0.25, -0.2) is 9.78 Å². The molecule has 156 valence electrons. The van der Waals surface area contributed by atoms with Crippen molar-refractivity contribution < 1.29 is 14.6 Å². The Balaban J connectivity index is 2.21. The molecule has 0 radical (unpaired) electrons. The molecule has 0 unspecified atom stereocenters. The maximum Gasteiger partial charge on any atom is 0.341 e. The number of aromatic nitrogens is 2. The summed E-state index contributed by atoms with van der Waals surface area (Å²) in [5.41, 5.74) is 1.23. The molecule has 2 heterocycles. The number of carboxylic acid groups (broad SMARTS) is 1. The van der Waals surface area contributed by atoms with E-state index in [0.29, 0.717) is 47.4 Å². The summed E-state index contributed by atoms with van der Waals surface area (Å²) in [7, 11) is 0. The quantitative estimate of drug-likeness (QED) is 0.556. The molecule has 0 aliphatic heterocycles. The van der Waals surface area contributed by atoms with Gasteiger partial charge in [0.05, 0.1) is 28.0 Å². The van der Waals surface area contributed by atoms with E-state index in [1.54, 1.807) is 28.8 Å². The van der Waals surface area contributed by atoms with Gasteiger partial charge in [0.15, 0.2) is 5.43 Å². The lowest BCUT2D eigenvalue weighted by molar-refractivity contribution is 0.0695. The highest BCUT2D eigenvalue weighted by Crippen LogP contribution is 2.31. The van der Waals surface area contributed by atoms with Gasteiger partial charge in [-0.3, -0.25) is 4.79 Å². The largest absolute Gasteiger partial charge is 0.478 e. The predicted octanol–water partition coefficient (Wildman–Crippen LogP) is 4.92. The molecule has 2 aromatic heterocycles. The summed E-state index contributed by atoms with van der Waals surface area (Å²) < 4.78 is 7.24. The van der Waals surface area contributed by atoms with E-state index in [9.17, 15) is 14.7 Å². The number of hydrogen-bond acceptors (Lipinski definition) is 4. The molecule has 0 aliphatic rings. The van der Waals surface area contributed by atoms with E-state index in [0.717, 1.165) is 0 Å². The molecule has 3 aromatic rings. The number of aromatic carboxylic acids is 1. The van der Waals surface area contributed by atoms with Crippen LogP contribution in [0.3, 0.4) is 0 Å². The second-order valence-corrected chi connectivity index (χ2v) is 7.29. The highest BCUT2D eigenvalue weighted by molar-refractivity contribution is 6.42. The summed E-state index contributed by atoms with van der Waals surface area (Å²) in [6.07, 6.45) is 0.332. The third kappa shape index (κ3) is 4.50. The van der Waals surface area contributed by atoms with Crippen LogP contribution in [0.25, 0.3) is 11.3 Å². The Hall–Kier alpha value is -2.83. The lowest BCUT2D eigenvalue weighted by Crippen LogP contribution is -2.23. The lowest BCUT2D eigenvalue weighted by atomic mass is 10.0. The molecule has 0 saturated carbocycles. The van der Waals surface area contributed by atoms with Crippen molar-refractivity contribution in [2.45, 2.75) is 26.8 Å². The van der Waals surface area contributed by atoms with Crippen LogP contribution in [0, 0.1) is 0 Å². The van der Waals surface area contributed by atoms with E-state index < -0.39 is 11.4 Å². The number of pyridine rings is 2. The van der Waals surface area contributed by atoms with Gasteiger partial charge in [-0.1, -0.05) is 35.3 Å². The smallest absolute Gasteiger partial charge is 0.341 e. The van der Waals surface area contributed by atoms with Crippen molar-refractivity contribution in [2.24, 2.45) is 0 Å². The number of rotatable bonds is 7. The topological polar surface area (TPSA) is 81.4 Å². The molecule has 6 nitrogen and oxygen atoms in total. The van der Waals surface area contributed by atoms with Crippen LogP contribution >= 0.6 is 23.2 Å². The molecule has 1 N–H and O–H groups in total. The highest BCUT2D eigenvalue weighted by Gasteiger charge is 2.22. The molecule has 0 amide bonds. The highest BCUT2D eigenvalue weighted by atomic mass is 35.5. The van der Waals surface area contributed by atoms with Gasteiger partial charge in [-0.05, 0) is 32.0 Å². The molecule has 30 heavy (non-hydrogen) atoms. The Labute approximate surface area is 183 Å². The van der Waals surface area contributed by atoms with Gasteiger partial charge in [0.25, 0.3) is 0 Å². The van der Waals surface area contributed by atoms with E-state index in [4.69, 9.17) is 27.9 Å². The van der Waals surface area contributed by atoms with E-state index in [2.05, 4.69) is 4.98 Å². The van der Waals surface area contributed by atoms with Gasteiger partial charge in [-0.2, -0.15) is 0 Å². The normalized spacial score (nSPS) is 10.8. The summed E-state index contributed by atoms with van der Waals surface area (Å²) in [5, 5.41) is 10.3. The predicted molar refractivity (Wildman–Crippen MR) is 117 cm³/mol. The Morgan fingerprint density at radius 2 is 1.90 bits per heavy atom. The third-order valence-corrected chi connectivity index (χ3v) is 5.30. The number of ether oxygens (including phenoxy) is 1. The molecule has 8 heteroatoms. The van der Waals surface area contributed by atoms with Gasteiger partial charge in [0, 0.05) is 36.4 Å². The third-order valence-electron chi connectivity index (χ3n) is 4.56. The molecule has 0 aliphatic carbocycles. The average Bonchev–Trinajstić information content (AvgIpc) is 2.70. The van der Waals surface area contributed by atoms with Crippen LogP contribution in [0.15, 0.2) is 47.3 Å². The van der Waals surface area contributed by atoms with Crippen LogP contribution in [0.5, 0.6) is 5.88 Å². The van der Waals surface area contributed by atoms with Crippen molar-refractivity contribution in [3.05, 3.63) is 79.7 Å². The van der Waals surface area contributed by atoms with Crippen LogP contribution in [0.4, 0.5) is 0 Å². The van der Waals surface area contributed by atoms with Crippen molar-refractivity contribution in [1.29, 1.82) is 0 Å². The number of hydrogen-bond donors (Lipinski definition) is 1. The van der Waals surface area contributed by atoms with Crippen LogP contribution in [-0.2, 0) is 13.0 Å². The number of nitrogens with zero attached hydrogens (tertiary/aromatic N) is 2. The first-order valence-corrected chi connectivity index (χ1v) is 10.1. The number of halogens is 2. The molecular weight excluding hydrogens is 427 g/mol. The molecule has 0 bridgehead atoms. The van der Waals surface area contributed by atoms with Crippen molar-refractivity contribution >= 4 is 29.2 Å². The van der Waals surface area contributed by atoms with Gasteiger partial charge < -0.3 is 14.4 Å². The first-order valence-electron chi connectivity index (χ1n) is 9.39. The lowest BCUT2D eigenvalue weighted by Gasteiger charge is -2.20. The zero-order valence-corrected chi connectivity index (χ0v) is 18.0. The zero-order chi connectivity index (χ0) is 21.8. The van der Waals surface area contributed by atoms with Crippen molar-refractivity contribution in [1.82, 2.24) is 9.55 Å². The van der Waals surface area contributed by atoms with Crippen LogP contribution in [0.1, 0.15) is 35.6 Å². The Bertz CT molecular complexity index is 1160. The van der Waals surface area contributed by atoms with E-state index in [-0.39, 0.29) is 16.3 Å². The van der Waals surface area contributed by atoms with Crippen molar-refractivity contribution in [2.75, 3.05) is 6.61 Å². The summed E-state index contributed by atoms with van der Waals surface area (Å²) in [6.45, 7) is 4.68. The Morgan fingerprint density at radius 1 is 1.13 bits per heavy atom. The maximum absolute atomic E-state index is 12.8. The van der Waals surface area contributed by atoms with E-state index in [1.165, 1.54) is 6.07 Å². The standard InChI is InChI=1S/C22H20Cl2N2O4/c1-3-26-15(11-14-6-5-7-19(25-14)30-4-2)12-18(27)20(22(28)29)21(26)13-8-9-16(23)17(24)10-13/h5-10,12H,3-4,11H2,1-2H3,(H,28,29). The fraction of sp³-hybridized carbons (Fsp3) is 0.227. The summed E-state index contributed by atoms with van der Waals surface area (Å²) >= 11 is 12.2. The Morgan fingerprint density at radius 3 is 2.53 bits per heavy atom. The number of benzene rings is 1. The zero-order valence-electron chi connectivity index (χ0n) is 16.5. The van der Waals surface area contributed by atoms with Crippen LogP contribution in [-0.4, -0.2) is 27.2 Å². The second kappa shape index (κ2) is 9.32. The van der Waals surface area contributed by atoms with Gasteiger partial charge in [-0.15, -0.1) is 0 Å². The molecule has 0 fully saturated rings. The summed E-state index contributed by atoms with van der Waals surface area (Å²) in [6, 6.07) is 11.6. The average molecular weight is 447 g/mol. The van der Waals surface area contributed by atoms with E-state index >= 15 is 0 Å². The molecule has 1 aromatic carbocycles. The van der Waals surface area contributed by atoms with Crippen molar-refractivity contribution in [3.8, 4) is 17.1 Å². The summed E-state index contributed by atoms with van der Waals surface area (Å²) in [5.74, 6) is -0.807. The van der Waals surface area contributed by atoms with Crippen LogP contribution < -0.4 is 10.2 Å². The van der Waals surface area contributed by atoms with Gasteiger partial charge >= 0.3 is 5.97 Å². The van der Waals surface area contributed by atoms with E-state index in [1.807, 2.05) is 26.0 Å². The number of carboxylic acids is 1. The monoisotopic (exact) mass is 446 g/mol. The minimum absolute atomic E-state index is 0.275. The maximum atomic E-state index is 12.8. The summed E-state index contributed by atoms with van der Waals surface area (Å²) in [4.78, 5) is 29.1. The second-order valence-electron chi connectivity index (χ2n) is 6.48. The van der Waals surface area contributed by atoms with Crippen molar-refractivity contribution in [3.63, 3.8) is 0 Å². The first-order chi connectivity index (χ1) is 14.3. The molecular formula is C22H20Cl2N2O4. The minimum atomic E-state index is -1.30. The van der Waals surface area contributed by atoms with Crippen LogP contribution in [0.2, 0.25) is 10.0 Å². The fourth-order valence-electron chi connectivity index (χ4n) is 3.32. The molecule has 0 atom stereocenters. The molecule has 0 saturated heterocycles. The minimum Gasteiger partial charge on any atom is -0.478 e. The van der Waals surface area contributed by atoms with Gasteiger partial charge in [0.1, 0.15) is 5.56 Å². The van der Waals surface area contributed by atoms with Gasteiger partial charge in [0.2, 0.25) is 5.88 Å². The number of carbonyl (C=O) groups is 1. The molecule has 0 spiro atoms. The molecule has 3 rings (SSSR count).